The molecule has 5 atom stereocenters. The number of esters is 5. The highest BCUT2D eigenvalue weighted by molar-refractivity contribution is 5.81. The van der Waals surface area contributed by atoms with Gasteiger partial charge in [0, 0.05) is 34.1 Å². The molecule has 0 saturated carbocycles. The summed E-state index contributed by atoms with van der Waals surface area (Å²) < 4.78 is 31.2. The van der Waals surface area contributed by atoms with E-state index in [1.165, 1.54) is 6.92 Å². The molecule has 0 spiro atoms. The Labute approximate surface area is 178 Å². The van der Waals surface area contributed by atoms with Gasteiger partial charge < -0.3 is 33.2 Å². The molecule has 0 N–H and O–H groups in total. The normalized spacial score (nSPS) is 25.0. The fourth-order valence-electron chi connectivity index (χ4n) is 2.74. The van der Waals surface area contributed by atoms with Gasteiger partial charge in [0.15, 0.2) is 12.2 Å². The first-order chi connectivity index (χ1) is 14.4. The number of rotatable bonds is 9. The predicted molar refractivity (Wildman–Crippen MR) is 98.0 cm³/mol. The highest BCUT2D eigenvalue weighted by Crippen LogP contribution is 2.30. The molecular weight excluding hydrogens is 420 g/mol. The van der Waals surface area contributed by atoms with Crippen molar-refractivity contribution < 1.29 is 57.2 Å². The van der Waals surface area contributed by atoms with Crippen LogP contribution in [-0.4, -0.2) is 72.9 Å². The number of ketones is 1. The molecule has 1 aliphatic heterocycles. The van der Waals surface area contributed by atoms with Crippen molar-refractivity contribution in [3.8, 4) is 0 Å². The van der Waals surface area contributed by atoms with Gasteiger partial charge in [0.05, 0.1) is 6.42 Å². The van der Waals surface area contributed by atoms with Gasteiger partial charge in [-0.15, -0.1) is 0 Å². The van der Waals surface area contributed by atoms with Crippen LogP contribution in [0.1, 0.15) is 47.5 Å². The SMILES string of the molecule is CC(=O)CCC(=O)O[C@H]1[C@@H](OC(C)=O)O[C@H](COC(C)=O)[C@H](OC(C)=O)[C@@H]1OC(C)=O. The zero-order valence-electron chi connectivity index (χ0n) is 17.9. The lowest BCUT2D eigenvalue weighted by atomic mass is 9.98. The Balaban J connectivity index is 3.29. The maximum Gasteiger partial charge on any atom is 0.306 e. The molecule has 0 radical (unpaired) electrons. The van der Waals surface area contributed by atoms with E-state index in [9.17, 15) is 28.8 Å². The molecule has 1 aliphatic rings. The minimum atomic E-state index is -1.57. The van der Waals surface area contributed by atoms with E-state index in [0.717, 1.165) is 27.7 Å². The molecule has 0 amide bonds. The number of Topliss-reactive ketones (excluding diaryl/α,β-unsaturated/α-hetero) is 1. The van der Waals surface area contributed by atoms with Gasteiger partial charge in [-0.2, -0.15) is 0 Å². The number of hydrogen-bond acceptors (Lipinski definition) is 12. The van der Waals surface area contributed by atoms with Crippen molar-refractivity contribution in [3.63, 3.8) is 0 Å². The average Bonchev–Trinajstić information content (AvgIpc) is 2.62. The van der Waals surface area contributed by atoms with Gasteiger partial charge >= 0.3 is 29.8 Å². The lowest BCUT2D eigenvalue weighted by molar-refractivity contribution is -0.300. The Morgan fingerprint density at radius 1 is 0.645 bits per heavy atom. The third-order valence-corrected chi connectivity index (χ3v) is 3.88. The highest BCUT2D eigenvalue weighted by Gasteiger charge is 2.53. The average molecular weight is 446 g/mol. The molecule has 0 bridgehead atoms. The van der Waals surface area contributed by atoms with Gasteiger partial charge in [-0.05, 0) is 6.92 Å². The molecule has 0 unspecified atom stereocenters. The van der Waals surface area contributed by atoms with Crippen molar-refractivity contribution in [1.29, 1.82) is 0 Å². The smallest absolute Gasteiger partial charge is 0.306 e. The molecule has 0 aromatic heterocycles. The van der Waals surface area contributed by atoms with E-state index in [-0.39, 0.29) is 18.6 Å². The first-order valence-electron chi connectivity index (χ1n) is 9.40. The Kier molecular flexibility index (Phi) is 10.1. The molecule has 1 saturated heterocycles. The number of carbonyl (C=O) groups is 6. The topological polar surface area (TPSA) is 158 Å². The molecule has 174 valence electrons. The summed E-state index contributed by atoms with van der Waals surface area (Å²) in [6.45, 7) is 5.20. The van der Waals surface area contributed by atoms with Gasteiger partial charge in [0.2, 0.25) is 12.4 Å². The van der Waals surface area contributed by atoms with Gasteiger partial charge in [0.25, 0.3) is 0 Å². The van der Waals surface area contributed by atoms with E-state index in [2.05, 4.69) is 0 Å². The van der Waals surface area contributed by atoms with Crippen LogP contribution < -0.4 is 0 Å². The molecule has 1 heterocycles. The first-order valence-corrected chi connectivity index (χ1v) is 9.40. The van der Waals surface area contributed by atoms with Crippen LogP contribution in [-0.2, 0) is 57.2 Å². The summed E-state index contributed by atoms with van der Waals surface area (Å²) >= 11 is 0. The molecule has 1 rings (SSSR count). The molecule has 0 aliphatic carbocycles. The molecule has 1 fully saturated rings. The van der Waals surface area contributed by atoms with E-state index in [1.54, 1.807) is 0 Å². The van der Waals surface area contributed by atoms with E-state index in [1.807, 2.05) is 0 Å². The van der Waals surface area contributed by atoms with Crippen LogP contribution in [0, 0.1) is 0 Å². The fourth-order valence-corrected chi connectivity index (χ4v) is 2.74. The largest absolute Gasteiger partial charge is 0.463 e. The Bertz CT molecular complexity index is 715. The van der Waals surface area contributed by atoms with Gasteiger partial charge in [-0.1, -0.05) is 0 Å². The minimum Gasteiger partial charge on any atom is -0.463 e. The second-order valence-corrected chi connectivity index (χ2v) is 6.76. The third-order valence-electron chi connectivity index (χ3n) is 3.88. The van der Waals surface area contributed by atoms with Crippen LogP contribution in [0.5, 0.6) is 0 Å². The molecular formula is C19H26O12. The molecule has 31 heavy (non-hydrogen) atoms. The van der Waals surface area contributed by atoms with Crippen LogP contribution >= 0.6 is 0 Å². The predicted octanol–water partition coefficient (Wildman–Crippen LogP) is -0.0181. The fraction of sp³-hybridized carbons (Fsp3) is 0.684. The number of ether oxygens (including phenoxy) is 6. The Morgan fingerprint density at radius 2 is 1.19 bits per heavy atom. The minimum absolute atomic E-state index is 0.106. The third kappa shape index (κ3) is 9.11. The summed E-state index contributed by atoms with van der Waals surface area (Å²) in [6.07, 6.45) is -7.53. The van der Waals surface area contributed by atoms with Crippen molar-refractivity contribution in [2.75, 3.05) is 6.61 Å². The summed E-state index contributed by atoms with van der Waals surface area (Å²) in [5, 5.41) is 0. The standard InChI is InChI=1S/C19H26O12/c1-9(20)6-7-15(25)31-18-17(28-12(4)23)16(27-11(3)22)14(8-26-10(2)21)30-19(18)29-13(5)24/h14,16-19H,6-8H2,1-5H3/t14-,16+,17+,18-,19+/m1/s1. The summed E-state index contributed by atoms with van der Waals surface area (Å²) in [6, 6.07) is 0. The van der Waals surface area contributed by atoms with Crippen molar-refractivity contribution in [1.82, 2.24) is 0 Å². The zero-order chi connectivity index (χ0) is 23.7. The second kappa shape index (κ2) is 12.0. The van der Waals surface area contributed by atoms with E-state index in [0.29, 0.717) is 0 Å². The van der Waals surface area contributed by atoms with Crippen molar-refractivity contribution >= 4 is 35.6 Å². The van der Waals surface area contributed by atoms with Crippen LogP contribution in [0.25, 0.3) is 0 Å². The zero-order valence-corrected chi connectivity index (χ0v) is 17.9. The van der Waals surface area contributed by atoms with Crippen LogP contribution in [0.3, 0.4) is 0 Å². The maximum atomic E-state index is 12.2. The van der Waals surface area contributed by atoms with Gasteiger partial charge in [-0.25, -0.2) is 0 Å². The first kappa shape index (κ1) is 26.0. The number of carbonyl (C=O) groups excluding carboxylic acids is 6. The molecule has 12 nitrogen and oxygen atoms in total. The monoisotopic (exact) mass is 446 g/mol. The molecule has 0 aromatic carbocycles. The summed E-state index contributed by atoms with van der Waals surface area (Å²) in [5.74, 6) is -4.21. The van der Waals surface area contributed by atoms with Crippen molar-refractivity contribution in [3.05, 3.63) is 0 Å². The van der Waals surface area contributed by atoms with Crippen molar-refractivity contribution in [2.24, 2.45) is 0 Å². The number of hydrogen-bond donors (Lipinski definition) is 0. The molecule has 12 heteroatoms. The second-order valence-electron chi connectivity index (χ2n) is 6.76. The van der Waals surface area contributed by atoms with Gasteiger partial charge in [-0.3, -0.25) is 24.0 Å². The van der Waals surface area contributed by atoms with E-state index >= 15 is 0 Å². The van der Waals surface area contributed by atoms with E-state index < -0.39 is 67.2 Å². The van der Waals surface area contributed by atoms with Crippen LogP contribution in [0.15, 0.2) is 0 Å². The maximum absolute atomic E-state index is 12.2. The molecule has 0 aromatic rings. The van der Waals surface area contributed by atoms with Crippen LogP contribution in [0.4, 0.5) is 0 Å². The summed E-state index contributed by atoms with van der Waals surface area (Å²) in [5.41, 5.74) is 0. The lowest BCUT2D eigenvalue weighted by Crippen LogP contribution is -2.63. The lowest BCUT2D eigenvalue weighted by Gasteiger charge is -2.43. The summed E-state index contributed by atoms with van der Waals surface area (Å²) in [4.78, 5) is 69.5. The highest BCUT2D eigenvalue weighted by atomic mass is 16.7. The van der Waals surface area contributed by atoms with Crippen molar-refractivity contribution in [2.45, 2.75) is 78.2 Å². The Morgan fingerprint density at radius 3 is 1.68 bits per heavy atom. The Hall–Kier alpha value is -3.02. The van der Waals surface area contributed by atoms with E-state index in [4.69, 9.17) is 28.4 Å². The quantitative estimate of drug-likeness (QED) is 0.345. The van der Waals surface area contributed by atoms with Gasteiger partial charge in [0.1, 0.15) is 18.5 Å². The van der Waals surface area contributed by atoms with Crippen LogP contribution in [0.2, 0.25) is 0 Å². The summed E-state index contributed by atoms with van der Waals surface area (Å²) in [7, 11) is 0.